The van der Waals surface area contributed by atoms with Crippen molar-refractivity contribution in [1.82, 2.24) is 10.2 Å². The molecule has 1 amide bonds. The topological polar surface area (TPSA) is 44.4 Å². The maximum Gasteiger partial charge on any atom is 0.229 e. The van der Waals surface area contributed by atoms with Crippen LogP contribution in [0.25, 0.3) is 0 Å². The molecule has 2 aliphatic heterocycles. The fourth-order valence-electron chi connectivity index (χ4n) is 3.28. The molecular weight excluding hydrogens is 250 g/mol. The minimum atomic E-state index is -0.0387. The van der Waals surface area contributed by atoms with Crippen LogP contribution in [0, 0.1) is 0 Å². The second-order valence-electron chi connectivity index (χ2n) is 5.76. The van der Waals surface area contributed by atoms with Gasteiger partial charge in [0.25, 0.3) is 0 Å². The molecule has 2 aliphatic rings. The maximum absolute atomic E-state index is 12.5. The molecule has 2 heterocycles. The van der Waals surface area contributed by atoms with E-state index in [0.717, 1.165) is 43.9 Å². The molecule has 3 rings (SSSR count). The lowest BCUT2D eigenvalue weighted by molar-refractivity contribution is -0.123. The lowest BCUT2D eigenvalue weighted by Crippen LogP contribution is -2.48. The molecule has 1 fully saturated rings. The molecule has 1 saturated heterocycles. The highest BCUT2D eigenvalue weighted by Gasteiger charge is 2.30. The van der Waals surface area contributed by atoms with Crippen molar-refractivity contribution in [3.8, 4) is 0 Å². The molecule has 0 radical (unpaired) electrons. The summed E-state index contributed by atoms with van der Waals surface area (Å²) in [6.45, 7) is 6.12. The van der Waals surface area contributed by atoms with Crippen LogP contribution in [0.3, 0.4) is 0 Å². The van der Waals surface area contributed by atoms with Gasteiger partial charge in [0.1, 0.15) is 0 Å². The normalized spacial score (nSPS) is 25.9. The molecular formula is C16H23N3O. The second kappa shape index (κ2) is 5.83. The molecule has 0 spiro atoms. The highest BCUT2D eigenvalue weighted by Crippen LogP contribution is 2.31. The van der Waals surface area contributed by atoms with Crippen LogP contribution in [0.2, 0.25) is 0 Å². The number of benzene rings is 1. The van der Waals surface area contributed by atoms with Crippen molar-refractivity contribution in [3.63, 3.8) is 0 Å². The van der Waals surface area contributed by atoms with Crippen LogP contribution >= 0.6 is 0 Å². The van der Waals surface area contributed by atoms with Gasteiger partial charge in [-0.1, -0.05) is 25.1 Å². The van der Waals surface area contributed by atoms with Crippen LogP contribution in [-0.4, -0.2) is 43.0 Å². The van der Waals surface area contributed by atoms with E-state index in [1.54, 1.807) is 0 Å². The number of carbonyl (C=O) groups excluding carboxylic acids is 1. The summed E-state index contributed by atoms with van der Waals surface area (Å²) in [4.78, 5) is 14.9. The number of hydrogen-bond acceptors (Lipinski definition) is 3. The molecule has 2 N–H and O–H groups in total. The molecule has 1 aromatic carbocycles. The summed E-state index contributed by atoms with van der Waals surface area (Å²) < 4.78 is 0. The minimum absolute atomic E-state index is 0.0387. The Morgan fingerprint density at radius 3 is 3.15 bits per heavy atom. The number of nitrogens with zero attached hydrogens (tertiary/aromatic N) is 1. The van der Waals surface area contributed by atoms with Gasteiger partial charge in [0.05, 0.1) is 5.92 Å². The fraction of sp³-hybridized carbons (Fsp3) is 0.562. The molecule has 2 unspecified atom stereocenters. The molecule has 0 aliphatic carbocycles. The van der Waals surface area contributed by atoms with E-state index < -0.39 is 0 Å². The first kappa shape index (κ1) is 13.4. The predicted octanol–water partition coefficient (Wildman–Crippen LogP) is 1.80. The van der Waals surface area contributed by atoms with Gasteiger partial charge in [-0.2, -0.15) is 0 Å². The number of fused-ring (bicyclic) bond motifs is 1. The van der Waals surface area contributed by atoms with Crippen molar-refractivity contribution in [2.75, 3.05) is 31.5 Å². The van der Waals surface area contributed by atoms with Crippen molar-refractivity contribution in [1.29, 1.82) is 0 Å². The van der Waals surface area contributed by atoms with Crippen LogP contribution in [0.5, 0.6) is 0 Å². The van der Waals surface area contributed by atoms with Gasteiger partial charge in [-0.25, -0.2) is 0 Å². The van der Waals surface area contributed by atoms with Crippen LogP contribution < -0.4 is 10.6 Å². The highest BCUT2D eigenvalue weighted by molar-refractivity contribution is 5.88. The number of piperidine rings is 1. The van der Waals surface area contributed by atoms with Gasteiger partial charge in [-0.15, -0.1) is 0 Å². The third-order valence-electron chi connectivity index (χ3n) is 4.45. The number of para-hydroxylation sites is 1. The van der Waals surface area contributed by atoms with Gasteiger partial charge in [0.15, 0.2) is 0 Å². The van der Waals surface area contributed by atoms with Gasteiger partial charge in [0, 0.05) is 24.8 Å². The van der Waals surface area contributed by atoms with Gasteiger partial charge >= 0.3 is 0 Å². The minimum Gasteiger partial charge on any atom is -0.384 e. The van der Waals surface area contributed by atoms with Gasteiger partial charge in [-0.05, 0) is 37.6 Å². The Morgan fingerprint density at radius 2 is 2.30 bits per heavy atom. The zero-order chi connectivity index (χ0) is 13.9. The summed E-state index contributed by atoms with van der Waals surface area (Å²) in [5.41, 5.74) is 2.24. The number of nitrogens with one attached hydrogen (secondary N) is 2. The highest BCUT2D eigenvalue weighted by atomic mass is 16.2. The van der Waals surface area contributed by atoms with Crippen molar-refractivity contribution in [2.45, 2.75) is 31.7 Å². The van der Waals surface area contributed by atoms with E-state index in [1.807, 2.05) is 18.2 Å². The number of carbonyl (C=O) groups is 1. The summed E-state index contributed by atoms with van der Waals surface area (Å²) in [5.74, 6) is 0.133. The molecule has 0 saturated carbocycles. The van der Waals surface area contributed by atoms with Crippen LogP contribution in [0.1, 0.15) is 31.2 Å². The number of likely N-dealkylation sites (N-methyl/N-ethyl adjacent to an activating group) is 1. The maximum atomic E-state index is 12.5. The van der Waals surface area contributed by atoms with Crippen molar-refractivity contribution < 1.29 is 4.79 Å². The Balaban J connectivity index is 1.63. The number of rotatable bonds is 3. The Morgan fingerprint density at radius 1 is 1.45 bits per heavy atom. The summed E-state index contributed by atoms with van der Waals surface area (Å²) in [7, 11) is 0. The van der Waals surface area contributed by atoms with Crippen molar-refractivity contribution >= 4 is 11.6 Å². The molecule has 20 heavy (non-hydrogen) atoms. The van der Waals surface area contributed by atoms with Gasteiger partial charge in [0.2, 0.25) is 5.91 Å². The lowest BCUT2D eigenvalue weighted by Gasteiger charge is -2.32. The van der Waals surface area contributed by atoms with E-state index in [1.165, 1.54) is 6.42 Å². The average molecular weight is 273 g/mol. The molecule has 4 heteroatoms. The lowest BCUT2D eigenvalue weighted by atomic mass is 9.99. The SMILES string of the molecule is CCN1CCCC(NC(=O)C2CNc3ccccc32)C1. The number of anilines is 1. The molecule has 4 nitrogen and oxygen atoms in total. The molecule has 108 valence electrons. The largest absolute Gasteiger partial charge is 0.384 e. The van der Waals surface area contributed by atoms with E-state index in [-0.39, 0.29) is 11.8 Å². The standard InChI is InChI=1S/C16H23N3O/c1-2-19-9-5-6-12(11-19)18-16(20)14-10-17-15-8-4-3-7-13(14)15/h3-4,7-8,12,14,17H,2,5-6,9-11H2,1H3,(H,18,20). The number of likely N-dealkylation sites (tertiary alicyclic amines) is 1. The Kier molecular flexibility index (Phi) is 3.92. The summed E-state index contributed by atoms with van der Waals surface area (Å²) >= 11 is 0. The van der Waals surface area contributed by atoms with E-state index in [9.17, 15) is 4.79 Å². The Bertz CT molecular complexity index is 488. The summed E-state index contributed by atoms with van der Waals surface area (Å²) in [5, 5.41) is 6.56. The molecule has 2 atom stereocenters. The van der Waals surface area contributed by atoms with E-state index >= 15 is 0 Å². The second-order valence-corrected chi connectivity index (χ2v) is 5.76. The Hall–Kier alpha value is -1.55. The monoisotopic (exact) mass is 273 g/mol. The third kappa shape index (κ3) is 2.66. The first-order valence-electron chi connectivity index (χ1n) is 7.63. The van der Waals surface area contributed by atoms with Crippen LogP contribution in [0.4, 0.5) is 5.69 Å². The Labute approximate surface area is 120 Å². The van der Waals surface area contributed by atoms with E-state index in [2.05, 4.69) is 28.5 Å². The first-order valence-corrected chi connectivity index (χ1v) is 7.63. The van der Waals surface area contributed by atoms with Crippen molar-refractivity contribution in [2.24, 2.45) is 0 Å². The van der Waals surface area contributed by atoms with E-state index in [4.69, 9.17) is 0 Å². The molecule has 1 aromatic rings. The van der Waals surface area contributed by atoms with Crippen molar-refractivity contribution in [3.05, 3.63) is 29.8 Å². The zero-order valence-corrected chi connectivity index (χ0v) is 12.1. The average Bonchev–Trinajstić information content (AvgIpc) is 2.91. The van der Waals surface area contributed by atoms with Crippen LogP contribution in [-0.2, 0) is 4.79 Å². The summed E-state index contributed by atoms with van der Waals surface area (Å²) in [6.07, 6.45) is 2.28. The predicted molar refractivity (Wildman–Crippen MR) is 81.0 cm³/mol. The third-order valence-corrected chi connectivity index (χ3v) is 4.45. The van der Waals surface area contributed by atoms with Gasteiger partial charge in [-0.3, -0.25) is 4.79 Å². The number of amides is 1. The number of hydrogen-bond donors (Lipinski definition) is 2. The van der Waals surface area contributed by atoms with E-state index in [0.29, 0.717) is 6.04 Å². The van der Waals surface area contributed by atoms with Gasteiger partial charge < -0.3 is 15.5 Å². The summed E-state index contributed by atoms with van der Waals surface area (Å²) in [6, 6.07) is 8.42. The smallest absolute Gasteiger partial charge is 0.229 e. The fourth-order valence-corrected chi connectivity index (χ4v) is 3.28. The quantitative estimate of drug-likeness (QED) is 0.882. The zero-order valence-electron chi connectivity index (χ0n) is 12.1. The first-order chi connectivity index (χ1) is 9.78. The molecule has 0 aromatic heterocycles. The van der Waals surface area contributed by atoms with Crippen LogP contribution in [0.15, 0.2) is 24.3 Å². The molecule has 0 bridgehead atoms.